The molecule has 1 aromatic rings. The molecule has 0 amide bonds. The minimum absolute atomic E-state index is 0.175. The van der Waals surface area contributed by atoms with Gasteiger partial charge < -0.3 is 10.4 Å². The van der Waals surface area contributed by atoms with E-state index in [1.807, 2.05) is 13.2 Å². The molecule has 6 heteroatoms. The van der Waals surface area contributed by atoms with E-state index in [1.54, 1.807) is 11.8 Å². The van der Waals surface area contributed by atoms with Crippen molar-refractivity contribution in [2.24, 2.45) is 0 Å². The molecule has 0 bridgehead atoms. The van der Waals surface area contributed by atoms with Crippen molar-refractivity contribution < 1.29 is 5.11 Å². The summed E-state index contributed by atoms with van der Waals surface area (Å²) in [5.74, 6) is 0. The molecule has 0 fully saturated rings. The number of aliphatic hydroxyl groups excluding tert-OH is 1. The summed E-state index contributed by atoms with van der Waals surface area (Å²) < 4.78 is 3.88. The molecule has 74 valence electrons. The Hall–Kier alpha value is -0.330. The molecule has 2 atom stereocenters. The summed E-state index contributed by atoms with van der Waals surface area (Å²) in [5, 5.41) is 13.2. The quantitative estimate of drug-likeness (QED) is 0.775. The van der Waals surface area contributed by atoms with Gasteiger partial charge in [0.05, 0.1) is 6.61 Å². The van der Waals surface area contributed by atoms with Crippen molar-refractivity contribution in [2.45, 2.75) is 18.2 Å². The zero-order valence-corrected chi connectivity index (χ0v) is 9.23. The Morgan fingerprint density at radius 3 is 3.00 bits per heavy atom. The summed E-state index contributed by atoms with van der Waals surface area (Å²) in [4.78, 5) is 4.01. The van der Waals surface area contributed by atoms with Gasteiger partial charge in [0, 0.05) is 22.8 Å². The molecule has 0 spiro atoms. The van der Waals surface area contributed by atoms with Crippen molar-refractivity contribution in [2.75, 3.05) is 18.2 Å². The van der Waals surface area contributed by atoms with Gasteiger partial charge in [0.1, 0.15) is 6.33 Å². The molecule has 1 aromatic heterocycles. The summed E-state index contributed by atoms with van der Waals surface area (Å²) in [6.45, 7) is 2.20. The van der Waals surface area contributed by atoms with Crippen molar-refractivity contribution in [3.05, 3.63) is 6.33 Å². The average Bonchev–Trinajstić information content (AvgIpc) is 2.59. The molecule has 0 radical (unpaired) electrons. The number of thioether (sulfide) groups is 1. The summed E-state index contributed by atoms with van der Waals surface area (Å²) in [5.41, 5.74) is 0. The van der Waals surface area contributed by atoms with Crippen LogP contribution in [0, 0.1) is 0 Å². The van der Waals surface area contributed by atoms with Crippen LogP contribution >= 0.6 is 23.3 Å². The van der Waals surface area contributed by atoms with E-state index in [4.69, 9.17) is 5.11 Å². The molecule has 0 saturated carbocycles. The van der Waals surface area contributed by atoms with E-state index in [0.717, 1.165) is 5.13 Å². The van der Waals surface area contributed by atoms with E-state index < -0.39 is 0 Å². The number of aromatic nitrogens is 2. The standard InChI is InChI=1S/C7H13N3OS2/c1-5(6(3-11)12-2)10-7-8-4-9-13-7/h4-6,11H,3H2,1-2H3,(H,8,9,10). The van der Waals surface area contributed by atoms with Gasteiger partial charge in [0.25, 0.3) is 0 Å². The van der Waals surface area contributed by atoms with Crippen LogP contribution in [0.15, 0.2) is 6.33 Å². The Balaban J connectivity index is 2.44. The maximum absolute atomic E-state index is 9.03. The second-order valence-corrected chi connectivity index (χ2v) is 4.49. The highest BCUT2D eigenvalue weighted by Gasteiger charge is 2.15. The topological polar surface area (TPSA) is 58.0 Å². The number of rotatable bonds is 5. The summed E-state index contributed by atoms with van der Waals surface area (Å²) >= 11 is 2.97. The van der Waals surface area contributed by atoms with Crippen molar-refractivity contribution in [3.63, 3.8) is 0 Å². The second-order valence-electron chi connectivity index (χ2n) is 2.64. The van der Waals surface area contributed by atoms with Gasteiger partial charge in [-0.3, -0.25) is 0 Å². The molecule has 0 saturated heterocycles. The normalized spacial score (nSPS) is 15.3. The molecule has 13 heavy (non-hydrogen) atoms. The van der Waals surface area contributed by atoms with E-state index in [-0.39, 0.29) is 17.9 Å². The van der Waals surface area contributed by atoms with Crippen LogP contribution in [0.2, 0.25) is 0 Å². The van der Waals surface area contributed by atoms with E-state index >= 15 is 0 Å². The molecule has 1 heterocycles. The number of hydrogen-bond acceptors (Lipinski definition) is 6. The number of hydrogen-bond donors (Lipinski definition) is 2. The summed E-state index contributed by atoms with van der Waals surface area (Å²) in [6.07, 6.45) is 3.51. The van der Waals surface area contributed by atoms with Gasteiger partial charge in [-0.1, -0.05) is 0 Å². The van der Waals surface area contributed by atoms with E-state index in [0.29, 0.717) is 0 Å². The monoisotopic (exact) mass is 219 g/mol. The predicted octanol–water partition coefficient (Wildman–Crippen LogP) is 1.06. The fourth-order valence-corrected chi connectivity index (χ4v) is 2.11. The third-order valence-corrected chi connectivity index (χ3v) is 3.51. The third kappa shape index (κ3) is 3.13. The first-order valence-electron chi connectivity index (χ1n) is 3.94. The van der Waals surface area contributed by atoms with Crippen molar-refractivity contribution in [1.82, 2.24) is 9.36 Å². The van der Waals surface area contributed by atoms with Gasteiger partial charge in [0.15, 0.2) is 0 Å². The maximum Gasteiger partial charge on any atom is 0.202 e. The second kappa shape index (κ2) is 5.41. The Bertz CT molecular complexity index is 226. The van der Waals surface area contributed by atoms with E-state index in [1.165, 1.54) is 17.9 Å². The minimum atomic E-state index is 0.175. The van der Waals surface area contributed by atoms with Crippen LogP contribution in [0.25, 0.3) is 0 Å². The molecule has 0 aliphatic rings. The zero-order chi connectivity index (χ0) is 9.68. The van der Waals surface area contributed by atoms with Crippen LogP contribution in [-0.2, 0) is 0 Å². The predicted molar refractivity (Wildman–Crippen MR) is 57.4 cm³/mol. The molecule has 0 aliphatic carbocycles. The lowest BCUT2D eigenvalue weighted by molar-refractivity contribution is 0.288. The van der Waals surface area contributed by atoms with E-state index in [9.17, 15) is 0 Å². The first-order chi connectivity index (χ1) is 6.27. The highest BCUT2D eigenvalue weighted by Crippen LogP contribution is 2.16. The smallest absolute Gasteiger partial charge is 0.202 e. The Kier molecular flexibility index (Phi) is 4.47. The van der Waals surface area contributed by atoms with E-state index in [2.05, 4.69) is 14.7 Å². The Morgan fingerprint density at radius 1 is 1.77 bits per heavy atom. The van der Waals surface area contributed by atoms with Gasteiger partial charge in [-0.15, -0.1) is 0 Å². The molecule has 0 aromatic carbocycles. The van der Waals surface area contributed by atoms with Gasteiger partial charge in [-0.05, 0) is 13.2 Å². The van der Waals surface area contributed by atoms with Gasteiger partial charge >= 0.3 is 0 Å². The van der Waals surface area contributed by atoms with Crippen LogP contribution in [0.3, 0.4) is 0 Å². The number of anilines is 1. The van der Waals surface area contributed by atoms with Gasteiger partial charge in [0.2, 0.25) is 5.13 Å². The SMILES string of the molecule is CSC(CO)C(C)Nc1ncns1. The van der Waals surface area contributed by atoms with Crippen LogP contribution in [0.4, 0.5) is 5.13 Å². The Morgan fingerprint density at radius 2 is 2.54 bits per heavy atom. The first kappa shape index (κ1) is 10.7. The molecule has 1 rings (SSSR count). The van der Waals surface area contributed by atoms with Crippen LogP contribution in [0.5, 0.6) is 0 Å². The molecular weight excluding hydrogens is 206 g/mol. The molecular formula is C7H13N3OS2. The zero-order valence-electron chi connectivity index (χ0n) is 7.60. The minimum Gasteiger partial charge on any atom is -0.395 e. The first-order valence-corrected chi connectivity index (χ1v) is 6.01. The van der Waals surface area contributed by atoms with Gasteiger partial charge in [-0.25, -0.2) is 4.98 Å². The summed E-state index contributed by atoms with van der Waals surface area (Å²) in [7, 11) is 0. The van der Waals surface area contributed by atoms with Crippen LogP contribution in [0.1, 0.15) is 6.92 Å². The highest BCUT2D eigenvalue weighted by atomic mass is 32.2. The Labute approximate surface area is 85.9 Å². The lowest BCUT2D eigenvalue weighted by atomic mass is 10.2. The number of nitrogens with one attached hydrogen (secondary N) is 1. The third-order valence-electron chi connectivity index (χ3n) is 1.75. The number of aliphatic hydroxyl groups is 1. The molecule has 2 N–H and O–H groups in total. The van der Waals surface area contributed by atoms with Crippen molar-refractivity contribution in [1.29, 1.82) is 0 Å². The molecule has 2 unspecified atom stereocenters. The average molecular weight is 219 g/mol. The van der Waals surface area contributed by atoms with Crippen molar-refractivity contribution in [3.8, 4) is 0 Å². The molecule has 4 nitrogen and oxygen atoms in total. The largest absolute Gasteiger partial charge is 0.395 e. The lowest BCUT2D eigenvalue weighted by Crippen LogP contribution is -2.30. The van der Waals surface area contributed by atoms with Crippen molar-refractivity contribution >= 4 is 28.4 Å². The van der Waals surface area contributed by atoms with Crippen LogP contribution in [-0.4, -0.2) is 38.6 Å². The van der Waals surface area contributed by atoms with Crippen LogP contribution < -0.4 is 5.32 Å². The lowest BCUT2D eigenvalue weighted by Gasteiger charge is -2.20. The maximum atomic E-state index is 9.03. The highest BCUT2D eigenvalue weighted by molar-refractivity contribution is 7.99. The fraction of sp³-hybridized carbons (Fsp3) is 0.714. The fourth-order valence-electron chi connectivity index (χ4n) is 0.961. The number of nitrogens with zero attached hydrogens (tertiary/aromatic N) is 2. The van der Waals surface area contributed by atoms with Gasteiger partial charge in [-0.2, -0.15) is 16.1 Å². The summed E-state index contributed by atoms with van der Waals surface area (Å²) in [6, 6.07) is 0.202. The molecule has 0 aliphatic heterocycles.